The number of halogens is 1. The lowest BCUT2D eigenvalue weighted by Gasteiger charge is -2.20. The summed E-state index contributed by atoms with van der Waals surface area (Å²) < 4.78 is 13.6. The molecule has 6 heteroatoms. The van der Waals surface area contributed by atoms with Crippen LogP contribution in [0.1, 0.15) is 18.1 Å². The second-order valence-corrected chi connectivity index (χ2v) is 3.88. The number of nitriles is 1. The number of nitrogens with one attached hydrogen (secondary N) is 1. The van der Waals surface area contributed by atoms with Gasteiger partial charge in [0.05, 0.1) is 18.2 Å². The minimum absolute atomic E-state index is 0.0400. The highest BCUT2D eigenvalue weighted by Crippen LogP contribution is 2.09. The second kappa shape index (κ2) is 7.34. The summed E-state index contributed by atoms with van der Waals surface area (Å²) in [5.74, 6) is -0.524. The number of hydrogen-bond acceptors (Lipinski definition) is 3. The fourth-order valence-corrected chi connectivity index (χ4v) is 1.57. The molecule has 0 aliphatic rings. The molecule has 0 bridgehead atoms. The first kappa shape index (κ1) is 14.9. The summed E-state index contributed by atoms with van der Waals surface area (Å²) in [6.07, 6.45) is 0. The summed E-state index contributed by atoms with van der Waals surface area (Å²) in [5, 5.41) is 20.0. The van der Waals surface area contributed by atoms with Gasteiger partial charge in [-0.1, -0.05) is 6.07 Å². The number of benzene rings is 1. The number of rotatable bonds is 5. The van der Waals surface area contributed by atoms with Crippen molar-refractivity contribution in [3.05, 3.63) is 35.1 Å². The van der Waals surface area contributed by atoms with Crippen molar-refractivity contribution in [1.82, 2.24) is 10.2 Å². The third-order valence-electron chi connectivity index (χ3n) is 2.65. The standard InChI is InChI=1S/C13H16FN3O2/c1-2-17(5-6-18)13(19)16-9-11-4-3-10(8-15)7-12(11)14/h3-4,7,18H,2,5-6,9H2,1H3,(H,16,19). The molecule has 2 N–H and O–H groups in total. The minimum atomic E-state index is -0.524. The predicted octanol–water partition coefficient (Wildman–Crippen LogP) is 1.22. The van der Waals surface area contributed by atoms with Crippen LogP contribution in [0.5, 0.6) is 0 Å². The molecule has 1 aromatic carbocycles. The molecule has 19 heavy (non-hydrogen) atoms. The van der Waals surface area contributed by atoms with Crippen molar-refractivity contribution in [3.63, 3.8) is 0 Å². The molecule has 0 aliphatic carbocycles. The zero-order valence-electron chi connectivity index (χ0n) is 10.7. The number of urea groups is 1. The lowest BCUT2D eigenvalue weighted by molar-refractivity contribution is 0.180. The molecule has 0 radical (unpaired) electrons. The van der Waals surface area contributed by atoms with Crippen LogP contribution in [-0.4, -0.2) is 35.7 Å². The highest BCUT2D eigenvalue weighted by Gasteiger charge is 2.11. The van der Waals surface area contributed by atoms with Crippen molar-refractivity contribution in [2.24, 2.45) is 0 Å². The lowest BCUT2D eigenvalue weighted by atomic mass is 10.1. The molecule has 0 saturated heterocycles. The van der Waals surface area contributed by atoms with Crippen molar-refractivity contribution in [2.45, 2.75) is 13.5 Å². The van der Waals surface area contributed by atoms with Crippen molar-refractivity contribution in [2.75, 3.05) is 19.7 Å². The summed E-state index contributed by atoms with van der Waals surface area (Å²) in [7, 11) is 0. The smallest absolute Gasteiger partial charge is 0.317 e. The molecule has 0 fully saturated rings. The molecule has 0 unspecified atom stereocenters. The molecule has 0 spiro atoms. The van der Waals surface area contributed by atoms with Crippen LogP contribution in [0.4, 0.5) is 9.18 Å². The van der Waals surface area contributed by atoms with Gasteiger partial charge in [0.15, 0.2) is 0 Å². The minimum Gasteiger partial charge on any atom is -0.395 e. The Balaban J connectivity index is 2.62. The Morgan fingerprint density at radius 3 is 2.84 bits per heavy atom. The SMILES string of the molecule is CCN(CCO)C(=O)NCc1ccc(C#N)cc1F. The Kier molecular flexibility index (Phi) is 5.76. The van der Waals surface area contributed by atoms with E-state index in [1.165, 1.54) is 17.0 Å². The van der Waals surface area contributed by atoms with E-state index in [1.54, 1.807) is 6.92 Å². The Labute approximate surface area is 111 Å². The number of likely N-dealkylation sites (N-methyl/N-ethyl adjacent to an activating group) is 1. The zero-order valence-corrected chi connectivity index (χ0v) is 10.7. The molecular formula is C13H16FN3O2. The number of carbonyl (C=O) groups excluding carboxylic acids is 1. The summed E-state index contributed by atoms with van der Waals surface area (Å²) in [5.41, 5.74) is 0.551. The van der Waals surface area contributed by atoms with Crippen LogP contribution in [0.25, 0.3) is 0 Å². The van der Waals surface area contributed by atoms with Crippen molar-refractivity contribution in [1.29, 1.82) is 5.26 Å². The maximum atomic E-state index is 13.6. The van der Waals surface area contributed by atoms with Gasteiger partial charge in [0, 0.05) is 25.2 Å². The third-order valence-corrected chi connectivity index (χ3v) is 2.65. The van der Waals surface area contributed by atoms with E-state index >= 15 is 0 Å². The van der Waals surface area contributed by atoms with Gasteiger partial charge in [-0.25, -0.2) is 9.18 Å². The van der Waals surface area contributed by atoms with Crippen molar-refractivity contribution < 1.29 is 14.3 Å². The molecule has 1 aromatic rings. The topological polar surface area (TPSA) is 76.4 Å². The Morgan fingerprint density at radius 1 is 1.58 bits per heavy atom. The lowest BCUT2D eigenvalue weighted by Crippen LogP contribution is -2.41. The van der Waals surface area contributed by atoms with Crippen LogP contribution in [0.15, 0.2) is 18.2 Å². The number of nitrogens with zero attached hydrogens (tertiary/aromatic N) is 2. The molecule has 0 heterocycles. The summed E-state index contributed by atoms with van der Waals surface area (Å²) in [6, 6.07) is 5.58. The third kappa shape index (κ3) is 4.23. The molecule has 0 aromatic heterocycles. The van der Waals surface area contributed by atoms with Crippen molar-refractivity contribution >= 4 is 6.03 Å². The van der Waals surface area contributed by atoms with Gasteiger partial charge >= 0.3 is 6.03 Å². The number of aliphatic hydroxyl groups is 1. The average molecular weight is 265 g/mol. The number of hydrogen-bond donors (Lipinski definition) is 2. The van der Waals surface area contributed by atoms with Gasteiger partial charge in [-0.3, -0.25) is 0 Å². The fourth-order valence-electron chi connectivity index (χ4n) is 1.57. The van der Waals surface area contributed by atoms with Crippen molar-refractivity contribution in [3.8, 4) is 6.07 Å². The van der Waals surface area contributed by atoms with E-state index in [1.807, 2.05) is 6.07 Å². The largest absolute Gasteiger partial charge is 0.395 e. The number of carbonyl (C=O) groups is 1. The van der Waals surface area contributed by atoms with Crippen LogP contribution in [0.3, 0.4) is 0 Å². The van der Waals surface area contributed by atoms with E-state index in [9.17, 15) is 9.18 Å². The van der Waals surface area contributed by atoms with E-state index in [-0.39, 0.29) is 31.3 Å². The number of aliphatic hydroxyl groups excluding tert-OH is 1. The van der Waals surface area contributed by atoms with Crippen LogP contribution in [0, 0.1) is 17.1 Å². The molecular weight excluding hydrogens is 249 g/mol. The highest BCUT2D eigenvalue weighted by atomic mass is 19.1. The molecule has 2 amide bonds. The molecule has 1 rings (SSSR count). The quantitative estimate of drug-likeness (QED) is 0.840. The first-order chi connectivity index (χ1) is 9.12. The molecule has 0 aliphatic heterocycles. The van der Waals surface area contributed by atoms with Gasteiger partial charge in [-0.2, -0.15) is 5.26 Å². The van der Waals surface area contributed by atoms with Crippen LogP contribution < -0.4 is 5.32 Å². The fraction of sp³-hybridized carbons (Fsp3) is 0.385. The van der Waals surface area contributed by atoms with Gasteiger partial charge in [0.2, 0.25) is 0 Å². The second-order valence-electron chi connectivity index (χ2n) is 3.88. The highest BCUT2D eigenvalue weighted by molar-refractivity contribution is 5.74. The molecule has 5 nitrogen and oxygen atoms in total. The van der Waals surface area contributed by atoms with E-state index in [0.29, 0.717) is 12.1 Å². The zero-order chi connectivity index (χ0) is 14.3. The maximum absolute atomic E-state index is 13.6. The number of amides is 2. The normalized spacial score (nSPS) is 9.79. The summed E-state index contributed by atoms with van der Waals surface area (Å²) in [4.78, 5) is 13.1. The van der Waals surface area contributed by atoms with E-state index in [0.717, 1.165) is 6.07 Å². The molecule has 0 saturated carbocycles. The first-order valence-corrected chi connectivity index (χ1v) is 5.94. The van der Waals surface area contributed by atoms with E-state index in [4.69, 9.17) is 10.4 Å². The van der Waals surface area contributed by atoms with Gasteiger partial charge < -0.3 is 15.3 Å². The van der Waals surface area contributed by atoms with E-state index in [2.05, 4.69) is 5.32 Å². The molecule has 0 atom stereocenters. The average Bonchev–Trinajstić information content (AvgIpc) is 2.42. The maximum Gasteiger partial charge on any atom is 0.317 e. The van der Waals surface area contributed by atoms with Gasteiger partial charge in [-0.15, -0.1) is 0 Å². The summed E-state index contributed by atoms with van der Waals surface area (Å²) in [6.45, 7) is 2.41. The first-order valence-electron chi connectivity index (χ1n) is 5.94. The van der Waals surface area contributed by atoms with Crippen LogP contribution in [-0.2, 0) is 6.54 Å². The van der Waals surface area contributed by atoms with Gasteiger partial charge in [0.1, 0.15) is 5.82 Å². The van der Waals surface area contributed by atoms with Gasteiger partial charge in [-0.05, 0) is 19.1 Å². The molecule has 102 valence electrons. The van der Waals surface area contributed by atoms with Gasteiger partial charge in [0.25, 0.3) is 0 Å². The summed E-state index contributed by atoms with van der Waals surface area (Å²) >= 11 is 0. The van der Waals surface area contributed by atoms with Crippen LogP contribution >= 0.6 is 0 Å². The Morgan fingerprint density at radius 2 is 2.32 bits per heavy atom. The van der Waals surface area contributed by atoms with E-state index < -0.39 is 5.82 Å². The monoisotopic (exact) mass is 265 g/mol. The Hall–Kier alpha value is -2.13. The Bertz CT molecular complexity index is 485. The van der Waals surface area contributed by atoms with Crippen LogP contribution in [0.2, 0.25) is 0 Å². The predicted molar refractivity (Wildman–Crippen MR) is 67.7 cm³/mol.